The van der Waals surface area contributed by atoms with E-state index in [1.807, 2.05) is 0 Å². The number of hydrogen-bond donors (Lipinski definition) is 0. The van der Waals surface area contributed by atoms with Gasteiger partial charge in [-0.15, -0.1) is 0 Å². The van der Waals surface area contributed by atoms with Crippen molar-refractivity contribution in [1.82, 2.24) is 29.4 Å². The van der Waals surface area contributed by atoms with Crippen molar-refractivity contribution >= 4 is 58.6 Å². The van der Waals surface area contributed by atoms with Crippen LogP contribution >= 0.6 is 0 Å². The van der Waals surface area contributed by atoms with E-state index in [2.05, 4.69) is 0 Å². The summed E-state index contributed by atoms with van der Waals surface area (Å²) in [5.41, 5.74) is 0. The van der Waals surface area contributed by atoms with Crippen LogP contribution in [-0.2, 0) is 76.4 Å². The lowest BCUT2D eigenvalue weighted by molar-refractivity contribution is -0.152. The third kappa shape index (κ3) is 25.7. The first-order chi connectivity index (χ1) is 27.9. The van der Waals surface area contributed by atoms with Gasteiger partial charge in [0.2, 0.25) is 35.4 Å². The van der Waals surface area contributed by atoms with Crippen molar-refractivity contribution < 1.29 is 76.4 Å². The van der Waals surface area contributed by atoms with Crippen LogP contribution in [-0.4, -0.2) is 228 Å². The summed E-state index contributed by atoms with van der Waals surface area (Å²) in [5.74, 6) is -5.74. The third-order valence-corrected chi connectivity index (χ3v) is 7.65. The largest absolute Gasteiger partial charge is 0.383 e. The van der Waals surface area contributed by atoms with E-state index in [0.29, 0.717) is 0 Å². The minimum Gasteiger partial charge on any atom is -0.383 e. The number of hydrogen-bond acceptors (Lipinski definition) is 16. The van der Waals surface area contributed by atoms with Gasteiger partial charge in [-0.3, -0.25) is 47.9 Å². The topological polar surface area (TPSA) is 246 Å². The number of carbonyl (C=O) groups excluding carboxylic acids is 10. The number of carbonyl (C=O) groups is 10. The van der Waals surface area contributed by atoms with E-state index in [1.54, 1.807) is 13.8 Å². The average molecular weight is 863 g/mol. The molecule has 22 heteroatoms. The van der Waals surface area contributed by atoms with E-state index in [0.717, 1.165) is 24.5 Å². The van der Waals surface area contributed by atoms with Gasteiger partial charge < -0.3 is 57.8 Å². The fourth-order valence-electron chi connectivity index (χ4n) is 4.88. The van der Waals surface area contributed by atoms with Gasteiger partial charge in [-0.2, -0.15) is 0 Å². The minimum absolute atomic E-state index is 0. The highest BCUT2D eigenvalue weighted by Gasteiger charge is 2.28. The molecule has 0 spiro atoms. The van der Waals surface area contributed by atoms with Crippen molar-refractivity contribution in [3.8, 4) is 0 Å². The van der Waals surface area contributed by atoms with E-state index in [9.17, 15) is 47.9 Å². The smallest absolute Gasteiger partial charge is 0.249 e. The van der Waals surface area contributed by atoms with Crippen molar-refractivity contribution in [3.05, 3.63) is 0 Å². The van der Waals surface area contributed by atoms with Crippen LogP contribution in [0.1, 0.15) is 49.0 Å². The van der Waals surface area contributed by atoms with E-state index >= 15 is 0 Å². The summed E-state index contributed by atoms with van der Waals surface area (Å²) in [5, 5.41) is 0. The molecule has 0 heterocycles. The first kappa shape index (κ1) is 57.4. The summed E-state index contributed by atoms with van der Waals surface area (Å²) in [4.78, 5) is 133. The maximum atomic E-state index is 13.4. The van der Waals surface area contributed by atoms with Crippen LogP contribution < -0.4 is 0 Å². The van der Waals surface area contributed by atoms with Gasteiger partial charge in [0.25, 0.3) is 0 Å². The number of ketones is 4. The molecule has 0 aliphatic heterocycles. The second-order valence-corrected chi connectivity index (χ2v) is 13.2. The molecule has 0 bridgehead atoms. The highest BCUT2D eigenvalue weighted by atomic mass is 16.5. The van der Waals surface area contributed by atoms with E-state index in [4.69, 9.17) is 28.4 Å². The summed E-state index contributed by atoms with van der Waals surface area (Å²) in [6.45, 7) is 2.76. The number of Topliss-reactive ketones (excluding diaryl/α,β-unsaturated/α-hetero) is 4. The van der Waals surface area contributed by atoms with E-state index in [1.165, 1.54) is 46.8 Å². The Balaban J connectivity index is 0. The van der Waals surface area contributed by atoms with Crippen LogP contribution in [0.3, 0.4) is 0 Å². The molecule has 0 aromatic heterocycles. The molecule has 22 nitrogen and oxygen atoms in total. The molecule has 0 fully saturated rings. The highest BCUT2D eigenvalue weighted by molar-refractivity contribution is 5.93. The predicted molar refractivity (Wildman–Crippen MR) is 213 cm³/mol. The van der Waals surface area contributed by atoms with Gasteiger partial charge in [0.05, 0.1) is 46.0 Å². The molecule has 0 aromatic rings. The number of rotatable bonds is 34. The molecule has 0 radical (unpaired) electrons. The maximum absolute atomic E-state index is 13.4. The molecule has 0 saturated heterocycles. The van der Waals surface area contributed by atoms with Crippen molar-refractivity contribution in [2.24, 2.45) is 0 Å². The normalized spacial score (nSPS) is 10.5. The zero-order valence-corrected chi connectivity index (χ0v) is 35.7. The summed E-state index contributed by atoms with van der Waals surface area (Å²) in [6.07, 6.45) is 0. The van der Waals surface area contributed by atoms with Gasteiger partial charge in [0.15, 0.2) is 0 Å². The van der Waals surface area contributed by atoms with Crippen LogP contribution in [0.4, 0.5) is 0 Å². The number of methoxy groups -OCH3 is 2. The Morgan fingerprint density at radius 3 is 0.983 bits per heavy atom. The van der Waals surface area contributed by atoms with Gasteiger partial charge >= 0.3 is 0 Å². The molecule has 0 aliphatic carbocycles. The van der Waals surface area contributed by atoms with Gasteiger partial charge in [-0.1, -0.05) is 7.43 Å². The van der Waals surface area contributed by atoms with Gasteiger partial charge in [-0.05, 0) is 41.5 Å². The second kappa shape index (κ2) is 33.0. The lowest BCUT2D eigenvalue weighted by atomic mass is 10.3. The molecule has 0 unspecified atom stereocenters. The Bertz CT molecular complexity index is 1370. The number of nitrogens with zero attached hydrogens (tertiary/aromatic N) is 6. The van der Waals surface area contributed by atoms with Crippen LogP contribution in [0, 0.1) is 0 Å². The fourth-order valence-corrected chi connectivity index (χ4v) is 4.88. The summed E-state index contributed by atoms with van der Waals surface area (Å²) < 4.78 is 31.5. The first-order valence-corrected chi connectivity index (χ1v) is 18.8. The molecule has 0 N–H and O–H groups in total. The quantitative estimate of drug-likeness (QED) is 0.0513. The van der Waals surface area contributed by atoms with Crippen molar-refractivity contribution in [1.29, 1.82) is 0 Å². The fraction of sp³-hybridized carbons (Fsp3) is 0.737. The standard InChI is InChI=1S/C37H62N6O16.CH4/c1-9-56-26-42(17-30(5)46)34(50)21-39(19-32(48)38(11-12-54-7)15-28(3)44)36(52)23-58-13-14-59-24-37(53)40(20-33(49)41(25-55-8)16-29(4)45)22-35(51)43(18-31(6)47)27-57-10-2;/h9-27H2,1-8H3;1H4. The molecule has 0 rings (SSSR count). The molecule has 0 aliphatic rings. The van der Waals surface area contributed by atoms with Crippen molar-refractivity contribution in [3.63, 3.8) is 0 Å². The first-order valence-electron chi connectivity index (χ1n) is 18.8. The summed E-state index contributed by atoms with van der Waals surface area (Å²) in [7, 11) is 2.72. The van der Waals surface area contributed by atoms with Crippen LogP contribution in [0.5, 0.6) is 0 Å². The minimum atomic E-state index is -0.809. The maximum Gasteiger partial charge on any atom is 0.249 e. The predicted octanol–water partition coefficient (Wildman–Crippen LogP) is -1.78. The molecule has 0 atom stereocenters. The van der Waals surface area contributed by atoms with Crippen LogP contribution in [0.2, 0.25) is 0 Å². The number of ether oxygens (including phenoxy) is 6. The Kier molecular flexibility index (Phi) is 31.6. The molecular weight excluding hydrogens is 796 g/mol. The second-order valence-electron chi connectivity index (χ2n) is 13.2. The monoisotopic (exact) mass is 862 g/mol. The van der Waals surface area contributed by atoms with E-state index < -0.39 is 74.8 Å². The molecule has 344 valence electrons. The lowest BCUT2D eigenvalue weighted by Crippen LogP contribution is -2.50. The van der Waals surface area contributed by atoms with Crippen LogP contribution in [0.25, 0.3) is 0 Å². The zero-order valence-electron chi connectivity index (χ0n) is 35.7. The Labute approximate surface area is 352 Å². The van der Waals surface area contributed by atoms with Gasteiger partial charge in [0.1, 0.15) is 82.7 Å². The molecule has 0 aromatic carbocycles. The summed E-state index contributed by atoms with van der Waals surface area (Å²) >= 11 is 0. The Morgan fingerprint density at radius 1 is 0.367 bits per heavy atom. The molecular formula is C38H66N6O16. The van der Waals surface area contributed by atoms with Gasteiger partial charge in [0, 0.05) is 34.0 Å². The molecule has 6 amide bonds. The number of amides is 6. The lowest BCUT2D eigenvalue weighted by Gasteiger charge is -2.29. The third-order valence-electron chi connectivity index (χ3n) is 7.65. The molecule has 0 saturated carbocycles. The SMILES string of the molecule is C.CCOCN(CC(C)=O)C(=O)CN(CC(=O)N(CCOC)CC(C)=O)C(=O)COCCOCC(=O)N(CC(=O)N(COC)CC(C)=O)CC(=O)N(COCC)CC(C)=O. The average Bonchev–Trinajstić information content (AvgIpc) is 3.16. The Morgan fingerprint density at radius 2 is 0.683 bits per heavy atom. The zero-order chi connectivity index (χ0) is 44.9. The highest BCUT2D eigenvalue weighted by Crippen LogP contribution is 2.04. The van der Waals surface area contributed by atoms with Crippen molar-refractivity contribution in [2.75, 3.05) is 140 Å². The van der Waals surface area contributed by atoms with Gasteiger partial charge in [-0.25, -0.2) is 0 Å². The molecule has 60 heavy (non-hydrogen) atoms. The van der Waals surface area contributed by atoms with Crippen molar-refractivity contribution in [2.45, 2.75) is 49.0 Å². The summed E-state index contributed by atoms with van der Waals surface area (Å²) in [6, 6.07) is 0. The Hall–Kier alpha value is -4.74. The van der Waals surface area contributed by atoms with E-state index in [-0.39, 0.29) is 117 Å². The van der Waals surface area contributed by atoms with Crippen LogP contribution in [0.15, 0.2) is 0 Å².